The van der Waals surface area contributed by atoms with Crippen molar-refractivity contribution in [3.05, 3.63) is 30.1 Å². The zero-order chi connectivity index (χ0) is 16.9. The lowest BCUT2D eigenvalue weighted by Gasteiger charge is -2.23. The molecule has 24 heavy (non-hydrogen) atoms. The molecule has 0 spiro atoms. The largest absolute Gasteiger partial charge is 0.354 e. The summed E-state index contributed by atoms with van der Waals surface area (Å²) in [5.74, 6) is -0.190. The molecule has 2 aliphatic rings. The van der Waals surface area contributed by atoms with Crippen molar-refractivity contribution in [2.24, 2.45) is 5.92 Å². The number of pyridine rings is 1. The third-order valence-electron chi connectivity index (χ3n) is 5.08. The fourth-order valence-corrected chi connectivity index (χ4v) is 3.69. The van der Waals surface area contributed by atoms with Gasteiger partial charge in [0.1, 0.15) is 0 Å². The maximum absolute atomic E-state index is 12.4. The Morgan fingerprint density at radius 3 is 3.04 bits per heavy atom. The van der Waals surface area contributed by atoms with Crippen molar-refractivity contribution in [2.75, 3.05) is 26.2 Å². The number of nitrogens with zero attached hydrogens (tertiary/aromatic N) is 3. The smallest absolute Gasteiger partial charge is 0.225 e. The summed E-state index contributed by atoms with van der Waals surface area (Å²) in [6.45, 7) is 5.97. The molecule has 1 aromatic heterocycles. The third kappa shape index (κ3) is 3.93. The highest BCUT2D eigenvalue weighted by molar-refractivity contribution is 5.89. The van der Waals surface area contributed by atoms with Crippen LogP contribution >= 0.6 is 0 Å². The van der Waals surface area contributed by atoms with Crippen molar-refractivity contribution in [3.63, 3.8) is 0 Å². The SMILES string of the molecule is CCN1CCCC1CNC(=O)C1CC(=O)N(Cc2ccccn2)C1. The summed E-state index contributed by atoms with van der Waals surface area (Å²) in [5.41, 5.74) is 0.858. The van der Waals surface area contributed by atoms with Crippen LogP contribution in [0.1, 0.15) is 31.9 Å². The third-order valence-corrected chi connectivity index (χ3v) is 5.08. The fraction of sp³-hybridized carbons (Fsp3) is 0.611. The molecule has 0 bridgehead atoms. The molecule has 6 nitrogen and oxygen atoms in total. The van der Waals surface area contributed by atoms with Crippen LogP contribution in [-0.2, 0) is 16.1 Å². The molecule has 3 heterocycles. The van der Waals surface area contributed by atoms with E-state index in [9.17, 15) is 9.59 Å². The average Bonchev–Trinajstić information content (AvgIpc) is 3.20. The van der Waals surface area contributed by atoms with Gasteiger partial charge in [-0.3, -0.25) is 19.5 Å². The summed E-state index contributed by atoms with van der Waals surface area (Å²) in [5, 5.41) is 3.06. The maximum atomic E-state index is 12.4. The van der Waals surface area contributed by atoms with Gasteiger partial charge in [-0.1, -0.05) is 13.0 Å². The molecular weight excluding hydrogens is 304 g/mol. The van der Waals surface area contributed by atoms with Crippen LogP contribution in [0, 0.1) is 5.92 Å². The first-order chi connectivity index (χ1) is 11.7. The lowest BCUT2D eigenvalue weighted by molar-refractivity contribution is -0.129. The van der Waals surface area contributed by atoms with Crippen LogP contribution < -0.4 is 5.32 Å². The van der Waals surface area contributed by atoms with Gasteiger partial charge < -0.3 is 10.2 Å². The summed E-state index contributed by atoms with van der Waals surface area (Å²) in [7, 11) is 0. The van der Waals surface area contributed by atoms with E-state index < -0.39 is 0 Å². The first-order valence-electron chi connectivity index (χ1n) is 8.86. The minimum Gasteiger partial charge on any atom is -0.354 e. The van der Waals surface area contributed by atoms with Crippen molar-refractivity contribution in [2.45, 2.75) is 38.8 Å². The Kier molecular flexibility index (Phi) is 5.45. The van der Waals surface area contributed by atoms with Crippen molar-refractivity contribution in [3.8, 4) is 0 Å². The quantitative estimate of drug-likeness (QED) is 0.846. The van der Waals surface area contributed by atoms with Gasteiger partial charge in [-0.2, -0.15) is 0 Å². The van der Waals surface area contributed by atoms with Crippen molar-refractivity contribution in [1.29, 1.82) is 0 Å². The Labute approximate surface area is 143 Å². The van der Waals surface area contributed by atoms with Crippen molar-refractivity contribution in [1.82, 2.24) is 20.1 Å². The van der Waals surface area contributed by atoms with Crippen LogP contribution in [-0.4, -0.2) is 58.8 Å². The highest BCUT2D eigenvalue weighted by Gasteiger charge is 2.35. The zero-order valence-corrected chi connectivity index (χ0v) is 14.3. The van der Waals surface area contributed by atoms with Crippen molar-refractivity contribution >= 4 is 11.8 Å². The first kappa shape index (κ1) is 16.9. The van der Waals surface area contributed by atoms with E-state index in [1.807, 2.05) is 18.2 Å². The summed E-state index contributed by atoms with van der Waals surface area (Å²) < 4.78 is 0. The van der Waals surface area contributed by atoms with E-state index in [2.05, 4.69) is 22.1 Å². The van der Waals surface area contributed by atoms with Gasteiger partial charge in [0, 0.05) is 31.7 Å². The molecule has 2 atom stereocenters. The number of aromatic nitrogens is 1. The minimum atomic E-state index is -0.238. The van der Waals surface area contributed by atoms with Gasteiger partial charge in [-0.05, 0) is 38.1 Å². The molecule has 2 unspecified atom stereocenters. The van der Waals surface area contributed by atoms with E-state index in [1.165, 1.54) is 6.42 Å². The summed E-state index contributed by atoms with van der Waals surface area (Å²) in [6.07, 6.45) is 4.37. The molecule has 0 aliphatic carbocycles. The molecule has 2 saturated heterocycles. The van der Waals surface area contributed by atoms with E-state index in [1.54, 1.807) is 11.1 Å². The van der Waals surface area contributed by atoms with Gasteiger partial charge in [-0.25, -0.2) is 0 Å². The summed E-state index contributed by atoms with van der Waals surface area (Å²) in [6, 6.07) is 6.11. The summed E-state index contributed by atoms with van der Waals surface area (Å²) in [4.78, 5) is 33.0. The number of carbonyl (C=O) groups excluding carboxylic acids is 2. The molecule has 3 rings (SSSR count). The van der Waals surface area contributed by atoms with Crippen LogP contribution in [0.15, 0.2) is 24.4 Å². The second-order valence-corrected chi connectivity index (χ2v) is 6.67. The molecule has 1 aromatic rings. The van der Waals surface area contributed by atoms with Crippen LogP contribution in [0.2, 0.25) is 0 Å². The summed E-state index contributed by atoms with van der Waals surface area (Å²) >= 11 is 0. The molecule has 0 saturated carbocycles. The number of nitrogens with one attached hydrogen (secondary N) is 1. The van der Waals surface area contributed by atoms with E-state index in [4.69, 9.17) is 0 Å². The Hall–Kier alpha value is -1.95. The lowest BCUT2D eigenvalue weighted by atomic mass is 10.1. The van der Waals surface area contributed by atoms with E-state index >= 15 is 0 Å². The number of carbonyl (C=O) groups is 2. The van der Waals surface area contributed by atoms with E-state index in [-0.39, 0.29) is 17.7 Å². The van der Waals surface area contributed by atoms with Gasteiger partial charge in [0.2, 0.25) is 11.8 Å². The van der Waals surface area contributed by atoms with E-state index in [0.29, 0.717) is 32.1 Å². The minimum absolute atomic E-state index is 0.00910. The number of amides is 2. The molecule has 0 aromatic carbocycles. The second kappa shape index (κ2) is 7.75. The van der Waals surface area contributed by atoms with Gasteiger partial charge >= 0.3 is 0 Å². The number of rotatable bonds is 6. The average molecular weight is 330 g/mol. The molecule has 2 amide bonds. The Bertz CT molecular complexity index is 578. The number of hydrogen-bond acceptors (Lipinski definition) is 4. The number of hydrogen-bond donors (Lipinski definition) is 1. The monoisotopic (exact) mass is 330 g/mol. The van der Waals surface area contributed by atoms with Gasteiger partial charge in [0.25, 0.3) is 0 Å². The Balaban J connectivity index is 1.49. The van der Waals surface area contributed by atoms with Crippen LogP contribution in [0.4, 0.5) is 0 Å². The van der Waals surface area contributed by atoms with E-state index in [0.717, 1.165) is 25.2 Å². The Morgan fingerprint density at radius 2 is 2.29 bits per heavy atom. The second-order valence-electron chi connectivity index (χ2n) is 6.67. The molecule has 130 valence electrons. The van der Waals surface area contributed by atoms with Crippen LogP contribution in [0.25, 0.3) is 0 Å². The van der Waals surface area contributed by atoms with Gasteiger partial charge in [-0.15, -0.1) is 0 Å². The highest BCUT2D eigenvalue weighted by atomic mass is 16.2. The van der Waals surface area contributed by atoms with Crippen LogP contribution in [0.3, 0.4) is 0 Å². The molecule has 1 N–H and O–H groups in total. The standard InChI is InChI=1S/C18H26N4O2/c1-2-21-9-5-7-16(21)11-20-18(24)14-10-17(23)22(12-14)13-15-6-3-4-8-19-15/h3-4,6,8,14,16H,2,5,7,9-13H2,1H3,(H,20,24). The van der Waals surface area contributed by atoms with Crippen LogP contribution in [0.5, 0.6) is 0 Å². The molecular formula is C18H26N4O2. The topological polar surface area (TPSA) is 65.5 Å². The number of likely N-dealkylation sites (N-methyl/N-ethyl adjacent to an activating group) is 1. The molecule has 2 aliphatic heterocycles. The van der Waals surface area contributed by atoms with Gasteiger partial charge in [0.15, 0.2) is 0 Å². The lowest BCUT2D eigenvalue weighted by Crippen LogP contribution is -2.42. The normalized spacial score (nSPS) is 24.5. The first-order valence-corrected chi connectivity index (χ1v) is 8.86. The maximum Gasteiger partial charge on any atom is 0.225 e. The zero-order valence-electron chi connectivity index (χ0n) is 14.3. The number of likely N-dealkylation sites (tertiary alicyclic amines) is 2. The van der Waals surface area contributed by atoms with Gasteiger partial charge in [0.05, 0.1) is 18.2 Å². The Morgan fingerprint density at radius 1 is 1.42 bits per heavy atom. The predicted octanol–water partition coefficient (Wildman–Crippen LogP) is 1.03. The molecule has 6 heteroatoms. The predicted molar refractivity (Wildman–Crippen MR) is 91.0 cm³/mol. The molecule has 0 radical (unpaired) electrons. The molecule has 2 fully saturated rings. The fourth-order valence-electron chi connectivity index (χ4n) is 3.69. The van der Waals surface area contributed by atoms with Crippen molar-refractivity contribution < 1.29 is 9.59 Å². The highest BCUT2D eigenvalue weighted by Crippen LogP contribution is 2.20.